The lowest BCUT2D eigenvalue weighted by molar-refractivity contribution is -0.137. The lowest BCUT2D eigenvalue weighted by Gasteiger charge is -2.26. The van der Waals surface area contributed by atoms with Crippen LogP contribution in [0.25, 0.3) is 0 Å². The number of carbonyl (C=O) groups excluding carboxylic acids is 2. The maximum absolute atomic E-state index is 12.6. The average Bonchev–Trinajstić information content (AvgIpc) is 2.78. The Hall–Kier alpha value is -2.25. The number of halogens is 3. The minimum Gasteiger partial charge on any atom is -0.444 e. The van der Waals surface area contributed by atoms with Gasteiger partial charge in [0.1, 0.15) is 5.60 Å². The Morgan fingerprint density at radius 2 is 1.46 bits per heavy atom. The highest BCUT2D eigenvalue weighted by atomic mass is 19.4. The van der Waals surface area contributed by atoms with E-state index in [2.05, 4.69) is 0 Å². The molecule has 26 heavy (non-hydrogen) atoms. The van der Waals surface area contributed by atoms with Crippen molar-refractivity contribution in [2.24, 2.45) is 0 Å². The van der Waals surface area contributed by atoms with Gasteiger partial charge >= 0.3 is 12.3 Å². The standard InChI is InChI=1S/C18H23F3N2O3/c1-17(2,3)26-16(25)23-10-4-9-22(11-12-23)15(24)13-5-7-14(8-6-13)18(19,20)21/h5-8H,4,9-12H2,1-3H3. The van der Waals surface area contributed by atoms with Crippen LogP contribution in [0, 0.1) is 0 Å². The summed E-state index contributed by atoms with van der Waals surface area (Å²) >= 11 is 0. The van der Waals surface area contributed by atoms with Gasteiger partial charge in [-0.15, -0.1) is 0 Å². The van der Waals surface area contributed by atoms with Gasteiger partial charge in [-0.3, -0.25) is 4.79 Å². The van der Waals surface area contributed by atoms with Crippen LogP contribution in [-0.4, -0.2) is 53.6 Å². The normalized spacial score (nSPS) is 16.2. The zero-order chi connectivity index (χ0) is 19.5. The number of nitrogens with zero attached hydrogens (tertiary/aromatic N) is 2. The first-order chi connectivity index (χ1) is 12.0. The second-order valence-electron chi connectivity index (χ2n) is 7.19. The fourth-order valence-corrected chi connectivity index (χ4v) is 2.61. The molecule has 1 heterocycles. The summed E-state index contributed by atoms with van der Waals surface area (Å²) < 4.78 is 43.2. The molecule has 1 aromatic rings. The van der Waals surface area contributed by atoms with Crippen molar-refractivity contribution < 1.29 is 27.5 Å². The molecule has 1 saturated heterocycles. The second kappa shape index (κ2) is 7.55. The van der Waals surface area contributed by atoms with Crippen LogP contribution in [-0.2, 0) is 10.9 Å². The lowest BCUT2D eigenvalue weighted by atomic mass is 10.1. The van der Waals surface area contributed by atoms with E-state index in [1.165, 1.54) is 12.1 Å². The minimum absolute atomic E-state index is 0.198. The first-order valence-corrected chi connectivity index (χ1v) is 8.42. The van der Waals surface area contributed by atoms with Crippen LogP contribution in [0.5, 0.6) is 0 Å². The maximum atomic E-state index is 12.6. The molecule has 2 amide bonds. The van der Waals surface area contributed by atoms with Crippen molar-refractivity contribution >= 4 is 12.0 Å². The van der Waals surface area contributed by atoms with E-state index < -0.39 is 23.4 Å². The number of benzene rings is 1. The smallest absolute Gasteiger partial charge is 0.416 e. The Balaban J connectivity index is 2.00. The lowest BCUT2D eigenvalue weighted by Crippen LogP contribution is -2.40. The van der Waals surface area contributed by atoms with Gasteiger partial charge in [0.2, 0.25) is 0 Å². The highest BCUT2D eigenvalue weighted by Gasteiger charge is 2.31. The SMILES string of the molecule is CC(C)(C)OC(=O)N1CCCN(C(=O)c2ccc(C(F)(F)F)cc2)CC1. The highest BCUT2D eigenvalue weighted by Crippen LogP contribution is 2.29. The number of hydrogen-bond acceptors (Lipinski definition) is 3. The van der Waals surface area contributed by atoms with Gasteiger partial charge in [-0.25, -0.2) is 4.79 Å². The van der Waals surface area contributed by atoms with Gasteiger partial charge in [0.05, 0.1) is 5.56 Å². The van der Waals surface area contributed by atoms with E-state index in [1.807, 2.05) is 0 Å². The maximum Gasteiger partial charge on any atom is 0.416 e. The molecule has 0 atom stereocenters. The first kappa shape index (κ1) is 20.1. The monoisotopic (exact) mass is 372 g/mol. The Morgan fingerprint density at radius 3 is 2.00 bits per heavy atom. The molecule has 0 bridgehead atoms. The van der Waals surface area contributed by atoms with Crippen molar-refractivity contribution in [1.29, 1.82) is 0 Å². The van der Waals surface area contributed by atoms with Gasteiger partial charge in [0, 0.05) is 31.7 Å². The molecule has 0 spiro atoms. The van der Waals surface area contributed by atoms with Crippen molar-refractivity contribution in [2.75, 3.05) is 26.2 Å². The minimum atomic E-state index is -4.43. The molecule has 1 aliphatic rings. The van der Waals surface area contributed by atoms with Crippen molar-refractivity contribution in [2.45, 2.75) is 39.0 Å². The number of carbonyl (C=O) groups is 2. The van der Waals surface area contributed by atoms with E-state index in [1.54, 1.807) is 30.6 Å². The van der Waals surface area contributed by atoms with E-state index in [0.717, 1.165) is 12.1 Å². The summed E-state index contributed by atoms with van der Waals surface area (Å²) in [4.78, 5) is 27.8. The quantitative estimate of drug-likeness (QED) is 0.754. The molecule has 0 unspecified atom stereocenters. The fourth-order valence-electron chi connectivity index (χ4n) is 2.61. The zero-order valence-corrected chi connectivity index (χ0v) is 15.1. The van der Waals surface area contributed by atoms with E-state index in [9.17, 15) is 22.8 Å². The molecule has 8 heteroatoms. The van der Waals surface area contributed by atoms with Crippen LogP contribution in [0.15, 0.2) is 24.3 Å². The van der Waals surface area contributed by atoms with E-state index in [-0.39, 0.29) is 11.5 Å². The summed E-state index contributed by atoms with van der Waals surface area (Å²) in [6.45, 7) is 6.86. The molecule has 0 aliphatic carbocycles. The van der Waals surface area contributed by atoms with Gasteiger partial charge in [-0.1, -0.05) is 0 Å². The topological polar surface area (TPSA) is 49.9 Å². The molecule has 0 aromatic heterocycles. The van der Waals surface area contributed by atoms with Crippen LogP contribution in [0.2, 0.25) is 0 Å². The Labute approximate surface area is 150 Å². The van der Waals surface area contributed by atoms with Gasteiger partial charge in [0.25, 0.3) is 5.91 Å². The molecule has 144 valence electrons. The third-order valence-corrected chi connectivity index (χ3v) is 3.89. The van der Waals surface area contributed by atoms with Gasteiger partial charge in [-0.05, 0) is 51.5 Å². The van der Waals surface area contributed by atoms with Crippen LogP contribution in [0.4, 0.5) is 18.0 Å². The Morgan fingerprint density at radius 1 is 0.923 bits per heavy atom. The molecule has 0 N–H and O–H groups in total. The number of alkyl halides is 3. The predicted octanol–water partition coefficient (Wildman–Crippen LogP) is 3.79. The fraction of sp³-hybridized carbons (Fsp3) is 0.556. The van der Waals surface area contributed by atoms with E-state index in [0.29, 0.717) is 32.6 Å². The summed E-state index contributed by atoms with van der Waals surface area (Å²) in [6.07, 6.45) is -4.29. The third kappa shape index (κ3) is 5.37. The summed E-state index contributed by atoms with van der Waals surface area (Å²) in [5.41, 5.74) is -1.19. The van der Waals surface area contributed by atoms with Crippen LogP contribution >= 0.6 is 0 Å². The Bertz CT molecular complexity index is 651. The van der Waals surface area contributed by atoms with E-state index >= 15 is 0 Å². The molecule has 2 rings (SSSR count). The van der Waals surface area contributed by atoms with Crippen LogP contribution < -0.4 is 0 Å². The third-order valence-electron chi connectivity index (χ3n) is 3.89. The highest BCUT2D eigenvalue weighted by molar-refractivity contribution is 5.94. The molecule has 1 aromatic carbocycles. The number of hydrogen-bond donors (Lipinski definition) is 0. The molecule has 5 nitrogen and oxygen atoms in total. The molecule has 1 fully saturated rings. The van der Waals surface area contributed by atoms with Crippen LogP contribution in [0.3, 0.4) is 0 Å². The largest absolute Gasteiger partial charge is 0.444 e. The predicted molar refractivity (Wildman–Crippen MR) is 89.8 cm³/mol. The van der Waals surface area contributed by atoms with Gasteiger partial charge in [-0.2, -0.15) is 13.2 Å². The molecule has 0 radical (unpaired) electrons. The van der Waals surface area contributed by atoms with Crippen molar-refractivity contribution in [1.82, 2.24) is 9.80 Å². The molecular formula is C18H23F3N2O3. The summed E-state index contributed by atoms with van der Waals surface area (Å²) in [6, 6.07) is 4.17. The summed E-state index contributed by atoms with van der Waals surface area (Å²) in [7, 11) is 0. The summed E-state index contributed by atoms with van der Waals surface area (Å²) in [5.74, 6) is -0.343. The van der Waals surface area contributed by atoms with Crippen molar-refractivity contribution in [3.8, 4) is 0 Å². The van der Waals surface area contributed by atoms with Crippen molar-refractivity contribution in [3.05, 3.63) is 35.4 Å². The first-order valence-electron chi connectivity index (χ1n) is 8.42. The van der Waals surface area contributed by atoms with Gasteiger partial charge in [0.15, 0.2) is 0 Å². The molecular weight excluding hydrogens is 349 g/mol. The summed E-state index contributed by atoms with van der Waals surface area (Å²) in [5, 5.41) is 0. The van der Waals surface area contributed by atoms with E-state index in [4.69, 9.17) is 4.74 Å². The molecule has 1 aliphatic heterocycles. The van der Waals surface area contributed by atoms with Gasteiger partial charge < -0.3 is 14.5 Å². The average molecular weight is 372 g/mol. The number of amides is 2. The van der Waals surface area contributed by atoms with Crippen LogP contribution in [0.1, 0.15) is 43.1 Å². The molecule has 0 saturated carbocycles. The van der Waals surface area contributed by atoms with Crippen molar-refractivity contribution in [3.63, 3.8) is 0 Å². The number of ether oxygens (including phenoxy) is 1. The number of rotatable bonds is 1. The Kier molecular flexibility index (Phi) is 5.83. The zero-order valence-electron chi connectivity index (χ0n) is 15.1. The second-order valence-corrected chi connectivity index (χ2v) is 7.19.